The van der Waals surface area contributed by atoms with Crippen LogP contribution in [0.3, 0.4) is 0 Å². The van der Waals surface area contributed by atoms with Gasteiger partial charge in [0.25, 0.3) is 0 Å². The third-order valence-corrected chi connectivity index (χ3v) is 3.98. The van der Waals surface area contributed by atoms with Gasteiger partial charge in [-0.2, -0.15) is 0 Å². The van der Waals surface area contributed by atoms with Crippen LogP contribution in [0.25, 0.3) is 0 Å². The molecule has 2 atom stereocenters. The summed E-state index contributed by atoms with van der Waals surface area (Å²) in [5.74, 6) is 0.0740. The lowest BCUT2D eigenvalue weighted by Crippen LogP contribution is -2.51. The van der Waals surface area contributed by atoms with Crippen LogP contribution in [0.1, 0.15) is 19.4 Å². The highest BCUT2D eigenvalue weighted by Gasteiger charge is 2.24. The Morgan fingerprint density at radius 1 is 1.38 bits per heavy atom. The Hall–Kier alpha value is -1.10. The topological polar surface area (TPSA) is 41.6 Å². The van der Waals surface area contributed by atoms with Gasteiger partial charge in [-0.05, 0) is 38.0 Å². The molecule has 1 N–H and O–H groups in total. The summed E-state index contributed by atoms with van der Waals surface area (Å²) in [5.41, 5.74) is 1.17. The molecular weight excluding hydrogens is 288 g/mol. The Kier molecular flexibility index (Phi) is 6.03. The van der Waals surface area contributed by atoms with Gasteiger partial charge in [-0.1, -0.05) is 23.7 Å². The van der Waals surface area contributed by atoms with E-state index in [-0.39, 0.29) is 12.0 Å². The van der Waals surface area contributed by atoms with E-state index in [1.807, 2.05) is 31.2 Å². The molecule has 2 unspecified atom stereocenters. The molecule has 1 saturated heterocycles. The van der Waals surface area contributed by atoms with Crippen molar-refractivity contribution in [2.75, 3.05) is 26.2 Å². The lowest BCUT2D eigenvalue weighted by molar-refractivity contribution is -0.125. The van der Waals surface area contributed by atoms with E-state index in [4.69, 9.17) is 16.3 Å². The summed E-state index contributed by atoms with van der Waals surface area (Å²) >= 11 is 5.84. The van der Waals surface area contributed by atoms with Crippen LogP contribution in [-0.2, 0) is 16.0 Å². The van der Waals surface area contributed by atoms with Crippen LogP contribution in [0, 0.1) is 0 Å². The van der Waals surface area contributed by atoms with Crippen LogP contribution in [0.15, 0.2) is 24.3 Å². The van der Waals surface area contributed by atoms with Crippen LogP contribution >= 0.6 is 11.6 Å². The zero-order chi connectivity index (χ0) is 15.2. The van der Waals surface area contributed by atoms with Gasteiger partial charge >= 0.3 is 0 Å². The maximum atomic E-state index is 12.0. The SMILES string of the molecule is CC1CN(CC(=O)NCCc2ccc(Cl)cc2)C(C)CO1. The van der Waals surface area contributed by atoms with E-state index in [0.29, 0.717) is 25.7 Å². The molecule has 5 heteroatoms. The molecule has 4 nitrogen and oxygen atoms in total. The molecule has 1 amide bonds. The number of amides is 1. The van der Waals surface area contributed by atoms with Gasteiger partial charge in [0.1, 0.15) is 0 Å². The first-order valence-corrected chi connectivity index (χ1v) is 7.79. The van der Waals surface area contributed by atoms with Crippen molar-refractivity contribution in [1.82, 2.24) is 10.2 Å². The molecule has 2 rings (SSSR count). The van der Waals surface area contributed by atoms with Gasteiger partial charge in [-0.3, -0.25) is 9.69 Å². The summed E-state index contributed by atoms with van der Waals surface area (Å²) < 4.78 is 5.57. The summed E-state index contributed by atoms with van der Waals surface area (Å²) in [6.07, 6.45) is 1.01. The fourth-order valence-corrected chi connectivity index (χ4v) is 2.56. The van der Waals surface area contributed by atoms with Crippen molar-refractivity contribution < 1.29 is 9.53 Å². The number of ether oxygens (including phenoxy) is 1. The Balaban J connectivity index is 1.70. The third-order valence-electron chi connectivity index (χ3n) is 3.73. The molecule has 1 heterocycles. The number of halogens is 1. The number of benzene rings is 1. The second-order valence-corrected chi connectivity index (χ2v) is 6.09. The van der Waals surface area contributed by atoms with E-state index < -0.39 is 0 Å². The van der Waals surface area contributed by atoms with Crippen molar-refractivity contribution in [2.24, 2.45) is 0 Å². The normalized spacial score (nSPS) is 23.0. The van der Waals surface area contributed by atoms with Crippen molar-refractivity contribution in [3.63, 3.8) is 0 Å². The van der Waals surface area contributed by atoms with E-state index in [2.05, 4.69) is 17.1 Å². The van der Waals surface area contributed by atoms with Gasteiger partial charge in [0.05, 0.1) is 19.3 Å². The molecule has 0 saturated carbocycles. The fourth-order valence-electron chi connectivity index (χ4n) is 2.43. The maximum Gasteiger partial charge on any atom is 0.234 e. The van der Waals surface area contributed by atoms with E-state index in [1.165, 1.54) is 5.56 Å². The van der Waals surface area contributed by atoms with Crippen LogP contribution in [0.4, 0.5) is 0 Å². The second-order valence-electron chi connectivity index (χ2n) is 5.65. The van der Waals surface area contributed by atoms with E-state index in [0.717, 1.165) is 18.0 Å². The van der Waals surface area contributed by atoms with E-state index in [1.54, 1.807) is 0 Å². The number of morpholine rings is 1. The minimum atomic E-state index is 0.0740. The molecule has 21 heavy (non-hydrogen) atoms. The number of nitrogens with one attached hydrogen (secondary N) is 1. The van der Waals surface area contributed by atoms with Gasteiger partial charge in [0.15, 0.2) is 0 Å². The number of nitrogens with zero attached hydrogens (tertiary/aromatic N) is 1. The van der Waals surface area contributed by atoms with Crippen molar-refractivity contribution in [2.45, 2.75) is 32.4 Å². The number of hydrogen-bond acceptors (Lipinski definition) is 3. The van der Waals surface area contributed by atoms with Crippen molar-refractivity contribution in [1.29, 1.82) is 0 Å². The lowest BCUT2D eigenvalue weighted by Gasteiger charge is -2.36. The lowest BCUT2D eigenvalue weighted by atomic mass is 10.1. The Morgan fingerprint density at radius 3 is 2.81 bits per heavy atom. The van der Waals surface area contributed by atoms with Crippen molar-refractivity contribution in [3.8, 4) is 0 Å². The molecule has 0 radical (unpaired) electrons. The summed E-state index contributed by atoms with van der Waals surface area (Å²) in [6.45, 7) is 6.72. The predicted molar refractivity (Wildman–Crippen MR) is 84.6 cm³/mol. The quantitative estimate of drug-likeness (QED) is 0.905. The highest BCUT2D eigenvalue weighted by molar-refractivity contribution is 6.30. The fraction of sp³-hybridized carbons (Fsp3) is 0.562. The smallest absolute Gasteiger partial charge is 0.234 e. The summed E-state index contributed by atoms with van der Waals surface area (Å²) in [7, 11) is 0. The monoisotopic (exact) mass is 310 g/mol. The van der Waals surface area contributed by atoms with Crippen LogP contribution < -0.4 is 5.32 Å². The number of carbonyl (C=O) groups is 1. The van der Waals surface area contributed by atoms with E-state index >= 15 is 0 Å². The van der Waals surface area contributed by atoms with Crippen LogP contribution in [0.2, 0.25) is 5.02 Å². The average Bonchev–Trinajstić information content (AvgIpc) is 2.45. The van der Waals surface area contributed by atoms with E-state index in [9.17, 15) is 4.79 Å². The zero-order valence-electron chi connectivity index (χ0n) is 12.6. The average molecular weight is 311 g/mol. The summed E-state index contributed by atoms with van der Waals surface area (Å²) in [5, 5.41) is 3.71. The molecule has 1 aromatic rings. The maximum absolute atomic E-state index is 12.0. The van der Waals surface area contributed by atoms with Crippen molar-refractivity contribution >= 4 is 17.5 Å². The Labute approximate surface area is 131 Å². The molecule has 0 aliphatic carbocycles. The first-order chi connectivity index (χ1) is 10.0. The number of rotatable bonds is 5. The molecule has 0 aromatic heterocycles. The molecule has 1 fully saturated rings. The van der Waals surface area contributed by atoms with Gasteiger partial charge < -0.3 is 10.1 Å². The molecule has 1 aliphatic rings. The van der Waals surface area contributed by atoms with Crippen LogP contribution in [-0.4, -0.2) is 49.2 Å². The highest BCUT2D eigenvalue weighted by atomic mass is 35.5. The standard InChI is InChI=1S/C16H23ClN2O2/c1-12-11-21-13(2)9-19(12)10-16(20)18-8-7-14-3-5-15(17)6-4-14/h3-6,12-13H,7-11H2,1-2H3,(H,18,20). The first kappa shape index (κ1) is 16.3. The Morgan fingerprint density at radius 2 is 2.10 bits per heavy atom. The molecular formula is C16H23ClN2O2. The zero-order valence-corrected chi connectivity index (χ0v) is 13.4. The molecule has 116 valence electrons. The van der Waals surface area contributed by atoms with Crippen molar-refractivity contribution in [3.05, 3.63) is 34.9 Å². The minimum Gasteiger partial charge on any atom is -0.376 e. The van der Waals surface area contributed by atoms with Gasteiger partial charge in [0, 0.05) is 24.2 Å². The van der Waals surface area contributed by atoms with Crippen LogP contribution in [0.5, 0.6) is 0 Å². The van der Waals surface area contributed by atoms with Gasteiger partial charge in [-0.25, -0.2) is 0 Å². The largest absolute Gasteiger partial charge is 0.376 e. The molecule has 1 aliphatic heterocycles. The first-order valence-electron chi connectivity index (χ1n) is 7.41. The third kappa shape index (κ3) is 5.30. The van der Waals surface area contributed by atoms with Gasteiger partial charge in [0.2, 0.25) is 5.91 Å². The highest BCUT2D eigenvalue weighted by Crippen LogP contribution is 2.11. The minimum absolute atomic E-state index is 0.0740. The second kappa shape index (κ2) is 7.78. The van der Waals surface area contributed by atoms with Gasteiger partial charge in [-0.15, -0.1) is 0 Å². The molecule has 0 bridgehead atoms. The molecule has 0 spiro atoms. The summed E-state index contributed by atoms with van der Waals surface area (Å²) in [6, 6.07) is 8.01. The molecule has 1 aromatic carbocycles. The predicted octanol–water partition coefficient (Wildman–Crippen LogP) is 2.11. The Bertz CT molecular complexity index is 464. The summed E-state index contributed by atoms with van der Waals surface area (Å²) in [4.78, 5) is 14.2. The number of hydrogen-bond donors (Lipinski definition) is 1. The number of carbonyl (C=O) groups excluding carboxylic acids is 1.